The maximum Gasteiger partial charge on any atom is 0.108 e. The highest BCUT2D eigenvalue weighted by molar-refractivity contribution is 4.64. The maximum atomic E-state index is 5.50. The molecule has 2 atom stereocenters. The third-order valence-corrected chi connectivity index (χ3v) is 3.27. The van der Waals surface area contributed by atoms with Crippen molar-refractivity contribution >= 4 is 0 Å². The third kappa shape index (κ3) is 4.37. The molecule has 0 aliphatic carbocycles. The fourth-order valence-electron chi connectivity index (χ4n) is 2.34. The first-order valence-corrected chi connectivity index (χ1v) is 6.65. The molecule has 2 saturated heterocycles. The Morgan fingerprint density at radius 2 is 1.25 bits per heavy atom. The van der Waals surface area contributed by atoms with E-state index < -0.39 is 0 Å². The molecule has 0 radical (unpaired) electrons. The van der Waals surface area contributed by atoms with Crippen molar-refractivity contribution in [1.82, 2.24) is 10.6 Å². The van der Waals surface area contributed by atoms with Crippen LogP contribution in [0.1, 0.15) is 38.5 Å². The molecular formula is C12H24N2O2. The second-order valence-corrected chi connectivity index (χ2v) is 4.62. The van der Waals surface area contributed by atoms with Crippen molar-refractivity contribution in [2.75, 3.05) is 26.3 Å². The summed E-state index contributed by atoms with van der Waals surface area (Å²) >= 11 is 0. The summed E-state index contributed by atoms with van der Waals surface area (Å²) in [6.45, 7) is 3.81. The summed E-state index contributed by atoms with van der Waals surface area (Å²) in [6, 6.07) is 0. The van der Waals surface area contributed by atoms with Gasteiger partial charge in [-0.1, -0.05) is 12.8 Å². The third-order valence-electron chi connectivity index (χ3n) is 3.27. The van der Waals surface area contributed by atoms with E-state index in [1.54, 1.807) is 0 Å². The Balaban J connectivity index is 1.37. The standard InChI is InChI=1S/C12H24N2O2/c1(3-5-11-13-7-9-15-11)2-4-6-12-14-8-10-16-12/h11-14H,1-10H2. The quantitative estimate of drug-likeness (QED) is 0.643. The van der Waals surface area contributed by atoms with Crippen LogP contribution in [0.4, 0.5) is 0 Å². The molecule has 94 valence electrons. The Hall–Kier alpha value is -0.160. The van der Waals surface area contributed by atoms with E-state index in [1.165, 1.54) is 25.7 Å². The zero-order valence-electron chi connectivity index (χ0n) is 10.0. The van der Waals surface area contributed by atoms with Crippen LogP contribution in [-0.4, -0.2) is 38.8 Å². The van der Waals surface area contributed by atoms with Crippen LogP contribution in [0.15, 0.2) is 0 Å². The summed E-state index contributed by atoms with van der Waals surface area (Å²) in [5.41, 5.74) is 0. The minimum absolute atomic E-state index is 0.333. The monoisotopic (exact) mass is 228 g/mol. The molecule has 0 spiro atoms. The largest absolute Gasteiger partial charge is 0.362 e. The number of rotatable bonds is 7. The van der Waals surface area contributed by atoms with Crippen LogP contribution < -0.4 is 10.6 Å². The Bertz CT molecular complexity index is 158. The zero-order valence-corrected chi connectivity index (χ0v) is 10.0. The summed E-state index contributed by atoms with van der Waals surface area (Å²) in [5, 5.41) is 6.68. The zero-order chi connectivity index (χ0) is 11.1. The number of nitrogens with one attached hydrogen (secondary N) is 2. The first-order valence-electron chi connectivity index (χ1n) is 6.65. The molecule has 2 fully saturated rings. The van der Waals surface area contributed by atoms with Crippen molar-refractivity contribution in [3.8, 4) is 0 Å². The number of hydrogen-bond donors (Lipinski definition) is 2. The van der Waals surface area contributed by atoms with Crippen molar-refractivity contribution in [2.24, 2.45) is 0 Å². The first kappa shape index (κ1) is 12.3. The van der Waals surface area contributed by atoms with Gasteiger partial charge in [-0.25, -0.2) is 0 Å². The average molecular weight is 228 g/mol. The fourth-order valence-corrected chi connectivity index (χ4v) is 2.34. The van der Waals surface area contributed by atoms with E-state index in [9.17, 15) is 0 Å². The van der Waals surface area contributed by atoms with Crippen molar-refractivity contribution in [3.05, 3.63) is 0 Å². The van der Waals surface area contributed by atoms with Crippen molar-refractivity contribution in [2.45, 2.75) is 51.0 Å². The molecule has 0 aromatic heterocycles. The molecule has 2 N–H and O–H groups in total. The Kier molecular flexibility index (Phi) is 5.55. The van der Waals surface area contributed by atoms with Gasteiger partial charge in [0.25, 0.3) is 0 Å². The molecule has 4 heteroatoms. The molecule has 2 aliphatic rings. The maximum absolute atomic E-state index is 5.50. The van der Waals surface area contributed by atoms with Gasteiger partial charge in [0, 0.05) is 13.1 Å². The second kappa shape index (κ2) is 7.22. The van der Waals surface area contributed by atoms with Crippen LogP contribution in [0.25, 0.3) is 0 Å². The Labute approximate surface area is 98.1 Å². The molecule has 2 heterocycles. The number of hydrogen-bond acceptors (Lipinski definition) is 4. The lowest BCUT2D eigenvalue weighted by Gasteiger charge is -2.10. The highest BCUT2D eigenvalue weighted by Crippen LogP contribution is 2.12. The van der Waals surface area contributed by atoms with E-state index in [0.717, 1.165) is 39.1 Å². The molecule has 0 aromatic rings. The molecule has 0 saturated carbocycles. The van der Waals surface area contributed by atoms with E-state index in [0.29, 0.717) is 12.5 Å². The molecule has 4 nitrogen and oxygen atoms in total. The highest BCUT2D eigenvalue weighted by atomic mass is 16.5. The molecule has 0 aromatic carbocycles. The van der Waals surface area contributed by atoms with Crippen molar-refractivity contribution in [1.29, 1.82) is 0 Å². The van der Waals surface area contributed by atoms with Gasteiger partial charge in [-0.2, -0.15) is 0 Å². The van der Waals surface area contributed by atoms with E-state index in [1.807, 2.05) is 0 Å². The Morgan fingerprint density at radius 3 is 1.62 bits per heavy atom. The molecule has 2 aliphatic heterocycles. The van der Waals surface area contributed by atoms with Gasteiger partial charge in [0.15, 0.2) is 0 Å². The summed E-state index contributed by atoms with van der Waals surface area (Å²) < 4.78 is 11.0. The minimum Gasteiger partial charge on any atom is -0.362 e. The molecule has 16 heavy (non-hydrogen) atoms. The lowest BCUT2D eigenvalue weighted by molar-refractivity contribution is 0.0884. The van der Waals surface area contributed by atoms with Crippen LogP contribution in [-0.2, 0) is 9.47 Å². The van der Waals surface area contributed by atoms with Crippen LogP contribution in [0.2, 0.25) is 0 Å². The fraction of sp³-hybridized carbons (Fsp3) is 1.00. The van der Waals surface area contributed by atoms with Gasteiger partial charge in [-0.05, 0) is 25.7 Å². The average Bonchev–Trinajstić information content (AvgIpc) is 2.96. The van der Waals surface area contributed by atoms with Gasteiger partial charge >= 0.3 is 0 Å². The van der Waals surface area contributed by atoms with Crippen LogP contribution >= 0.6 is 0 Å². The van der Waals surface area contributed by atoms with E-state index in [-0.39, 0.29) is 0 Å². The van der Waals surface area contributed by atoms with Gasteiger partial charge in [0.2, 0.25) is 0 Å². The Morgan fingerprint density at radius 1 is 0.750 bits per heavy atom. The minimum atomic E-state index is 0.333. The smallest absolute Gasteiger partial charge is 0.108 e. The number of ether oxygens (including phenoxy) is 2. The SMILES string of the molecule is C(CCCC1NCCO1)CCC1NCCO1. The normalized spacial score (nSPS) is 30.0. The lowest BCUT2D eigenvalue weighted by atomic mass is 10.1. The van der Waals surface area contributed by atoms with Crippen LogP contribution in [0.3, 0.4) is 0 Å². The first-order chi connectivity index (χ1) is 7.95. The topological polar surface area (TPSA) is 42.5 Å². The summed E-state index contributed by atoms with van der Waals surface area (Å²) in [4.78, 5) is 0. The summed E-state index contributed by atoms with van der Waals surface area (Å²) in [5.74, 6) is 0. The molecule has 2 unspecified atom stereocenters. The molecular weight excluding hydrogens is 204 g/mol. The summed E-state index contributed by atoms with van der Waals surface area (Å²) in [7, 11) is 0. The molecule has 0 bridgehead atoms. The predicted octanol–water partition coefficient (Wildman–Crippen LogP) is 1.22. The second-order valence-electron chi connectivity index (χ2n) is 4.62. The summed E-state index contributed by atoms with van der Waals surface area (Å²) in [6.07, 6.45) is 8.17. The van der Waals surface area contributed by atoms with Crippen LogP contribution in [0, 0.1) is 0 Å². The van der Waals surface area contributed by atoms with Gasteiger partial charge in [0.1, 0.15) is 12.5 Å². The van der Waals surface area contributed by atoms with Crippen molar-refractivity contribution in [3.63, 3.8) is 0 Å². The van der Waals surface area contributed by atoms with Gasteiger partial charge < -0.3 is 9.47 Å². The van der Waals surface area contributed by atoms with Gasteiger partial charge in [-0.3, -0.25) is 10.6 Å². The van der Waals surface area contributed by atoms with Gasteiger partial charge in [-0.15, -0.1) is 0 Å². The molecule has 2 rings (SSSR count). The van der Waals surface area contributed by atoms with E-state index in [4.69, 9.17) is 9.47 Å². The number of unbranched alkanes of at least 4 members (excludes halogenated alkanes) is 3. The van der Waals surface area contributed by atoms with Crippen molar-refractivity contribution < 1.29 is 9.47 Å². The predicted molar refractivity (Wildman–Crippen MR) is 63.2 cm³/mol. The van der Waals surface area contributed by atoms with Gasteiger partial charge in [0.05, 0.1) is 13.2 Å². The van der Waals surface area contributed by atoms with E-state index >= 15 is 0 Å². The lowest BCUT2D eigenvalue weighted by Crippen LogP contribution is -2.22. The molecule has 0 amide bonds. The van der Waals surface area contributed by atoms with Crippen LogP contribution in [0.5, 0.6) is 0 Å². The van der Waals surface area contributed by atoms with E-state index in [2.05, 4.69) is 10.6 Å². The highest BCUT2D eigenvalue weighted by Gasteiger charge is 2.14.